The molecule has 0 amide bonds. The first-order valence-electron chi connectivity index (χ1n) is 7.44. The largest absolute Gasteiger partial charge is 0.453 e. The van der Waals surface area contributed by atoms with Crippen LogP contribution in [0.2, 0.25) is 0 Å². The van der Waals surface area contributed by atoms with Gasteiger partial charge in [0.1, 0.15) is 6.10 Å². The predicted molar refractivity (Wildman–Crippen MR) is 83.1 cm³/mol. The average Bonchev–Trinajstić information content (AvgIpc) is 2.57. The quantitative estimate of drug-likeness (QED) is 0.609. The van der Waals surface area contributed by atoms with E-state index in [0.29, 0.717) is 11.8 Å². The number of halogens is 1. The molecule has 1 rings (SSSR count). The van der Waals surface area contributed by atoms with Crippen LogP contribution in [0.4, 0.5) is 0 Å². The maximum atomic E-state index is 11.5. The summed E-state index contributed by atoms with van der Waals surface area (Å²) in [4.78, 5) is 11.5. The van der Waals surface area contributed by atoms with Gasteiger partial charge in [0, 0.05) is 10.1 Å². The summed E-state index contributed by atoms with van der Waals surface area (Å²) in [5, 5.41) is 0. The summed E-state index contributed by atoms with van der Waals surface area (Å²) in [6.07, 6.45) is 4.86. The van der Waals surface area contributed by atoms with Crippen molar-refractivity contribution in [2.45, 2.75) is 66.4 Å². The molecule has 0 spiro atoms. The van der Waals surface area contributed by atoms with Crippen molar-refractivity contribution in [3.05, 3.63) is 10.1 Å². The van der Waals surface area contributed by atoms with Gasteiger partial charge in [0.05, 0.1) is 0 Å². The van der Waals surface area contributed by atoms with E-state index in [2.05, 4.69) is 43.6 Å². The molecule has 0 bridgehead atoms. The van der Waals surface area contributed by atoms with E-state index in [1.54, 1.807) is 0 Å². The van der Waals surface area contributed by atoms with Crippen LogP contribution in [0.1, 0.15) is 60.3 Å². The van der Waals surface area contributed by atoms with Crippen molar-refractivity contribution in [1.82, 2.24) is 0 Å². The number of rotatable bonds is 7. The summed E-state index contributed by atoms with van der Waals surface area (Å²) in [5.41, 5.74) is 0.726. The van der Waals surface area contributed by atoms with Crippen molar-refractivity contribution in [3.63, 3.8) is 0 Å². The first-order chi connectivity index (χ1) is 8.86. The number of hydrogen-bond donors (Lipinski definition) is 0. The molecule has 0 fully saturated rings. The fraction of sp³-hybridized carbons (Fsp3) is 0.812. The van der Waals surface area contributed by atoms with Crippen LogP contribution in [0.15, 0.2) is 10.1 Å². The fourth-order valence-electron chi connectivity index (χ4n) is 3.08. The zero-order valence-corrected chi connectivity index (χ0v) is 14.4. The molecular weight excluding hydrogens is 304 g/mol. The Bertz CT molecular complexity index is 349. The number of cyclic esters (lactones) is 1. The highest BCUT2D eigenvalue weighted by molar-refractivity contribution is 9.11. The summed E-state index contributed by atoms with van der Waals surface area (Å²) in [7, 11) is 0. The third-order valence-corrected chi connectivity index (χ3v) is 5.07. The van der Waals surface area contributed by atoms with Gasteiger partial charge in [-0.1, -0.05) is 56.5 Å². The zero-order chi connectivity index (χ0) is 14.6. The van der Waals surface area contributed by atoms with E-state index in [0.717, 1.165) is 22.4 Å². The second-order valence-electron chi connectivity index (χ2n) is 6.25. The predicted octanol–water partition coefficient (Wildman–Crippen LogP) is 5.07. The van der Waals surface area contributed by atoms with E-state index in [9.17, 15) is 4.79 Å². The lowest BCUT2D eigenvalue weighted by Crippen LogP contribution is -2.22. The molecule has 3 heteroatoms. The van der Waals surface area contributed by atoms with Gasteiger partial charge in [-0.3, -0.25) is 0 Å². The van der Waals surface area contributed by atoms with E-state index in [1.807, 2.05) is 6.92 Å². The lowest BCUT2D eigenvalue weighted by atomic mass is 9.86. The molecular formula is C16H27BrO2. The number of ether oxygens (including phenoxy) is 1. The van der Waals surface area contributed by atoms with E-state index in [-0.39, 0.29) is 12.1 Å². The minimum atomic E-state index is -0.171. The second-order valence-corrected chi connectivity index (χ2v) is 7.10. The first kappa shape index (κ1) is 16.7. The third-order valence-electron chi connectivity index (χ3n) is 4.03. The van der Waals surface area contributed by atoms with Gasteiger partial charge in [-0.05, 0) is 37.5 Å². The molecule has 0 aromatic carbocycles. The van der Waals surface area contributed by atoms with Gasteiger partial charge in [0.25, 0.3) is 0 Å². The minimum absolute atomic E-state index is 0.0727. The summed E-state index contributed by atoms with van der Waals surface area (Å²) >= 11 is 3.51. The molecule has 0 N–H and O–H groups in total. The Morgan fingerprint density at radius 2 is 1.84 bits per heavy atom. The van der Waals surface area contributed by atoms with Gasteiger partial charge in [0.15, 0.2) is 0 Å². The Balaban J connectivity index is 2.47. The van der Waals surface area contributed by atoms with Crippen molar-refractivity contribution in [1.29, 1.82) is 0 Å². The first-order valence-corrected chi connectivity index (χ1v) is 8.23. The molecule has 4 atom stereocenters. The smallest absolute Gasteiger partial charge is 0.335 e. The number of esters is 1. The molecule has 110 valence electrons. The minimum Gasteiger partial charge on any atom is -0.453 e. The molecule has 1 aliphatic rings. The van der Waals surface area contributed by atoms with Crippen molar-refractivity contribution < 1.29 is 9.53 Å². The summed E-state index contributed by atoms with van der Waals surface area (Å²) in [6.45, 7) is 10.9. The third kappa shape index (κ3) is 4.62. The van der Waals surface area contributed by atoms with E-state index < -0.39 is 0 Å². The van der Waals surface area contributed by atoms with Crippen LogP contribution in [0.25, 0.3) is 0 Å². The lowest BCUT2D eigenvalue weighted by Gasteiger charge is -2.24. The van der Waals surface area contributed by atoms with Gasteiger partial charge in [0.2, 0.25) is 0 Å². The van der Waals surface area contributed by atoms with Crippen LogP contribution < -0.4 is 0 Å². The molecule has 1 unspecified atom stereocenters. The number of hydrogen-bond acceptors (Lipinski definition) is 2. The Hall–Kier alpha value is -0.310. The summed E-state index contributed by atoms with van der Waals surface area (Å²) < 4.78 is 6.38. The normalized spacial score (nSPS) is 24.3. The molecule has 0 aromatic heterocycles. The lowest BCUT2D eigenvalue weighted by molar-refractivity contribution is -0.141. The maximum absolute atomic E-state index is 11.5. The Morgan fingerprint density at radius 3 is 2.32 bits per heavy atom. The molecule has 19 heavy (non-hydrogen) atoms. The van der Waals surface area contributed by atoms with Crippen LogP contribution >= 0.6 is 15.9 Å². The Labute approximate surface area is 126 Å². The molecule has 1 heterocycles. The monoisotopic (exact) mass is 330 g/mol. The molecule has 0 aliphatic carbocycles. The van der Waals surface area contributed by atoms with Crippen LogP contribution in [0.5, 0.6) is 0 Å². The van der Waals surface area contributed by atoms with Crippen molar-refractivity contribution in [2.75, 3.05) is 0 Å². The zero-order valence-electron chi connectivity index (χ0n) is 12.8. The van der Waals surface area contributed by atoms with Crippen molar-refractivity contribution in [3.8, 4) is 0 Å². The van der Waals surface area contributed by atoms with E-state index >= 15 is 0 Å². The SMILES string of the molecule is CCC[C@H](C)C[C@H](C)C[C@H](C)C1OC(=O)C(C)=C1Br. The standard InChI is InChI=1S/C16H27BrO2/c1-6-7-10(2)8-11(3)9-12(4)15-14(17)13(5)16(18)19-15/h10-12,15H,6-9H2,1-5H3/t10-,11-,12-,15?/m0/s1. The molecule has 0 saturated carbocycles. The van der Waals surface area contributed by atoms with Crippen LogP contribution in [-0.4, -0.2) is 12.1 Å². The summed E-state index contributed by atoms with van der Waals surface area (Å²) in [6, 6.07) is 0. The van der Waals surface area contributed by atoms with E-state index in [1.165, 1.54) is 19.3 Å². The van der Waals surface area contributed by atoms with Crippen LogP contribution in [0.3, 0.4) is 0 Å². The highest BCUT2D eigenvalue weighted by atomic mass is 79.9. The average molecular weight is 331 g/mol. The molecule has 0 saturated heterocycles. The van der Waals surface area contributed by atoms with Gasteiger partial charge in [-0.2, -0.15) is 0 Å². The number of carbonyl (C=O) groups is 1. The van der Waals surface area contributed by atoms with Gasteiger partial charge in [-0.15, -0.1) is 0 Å². The van der Waals surface area contributed by atoms with Crippen LogP contribution in [-0.2, 0) is 9.53 Å². The Morgan fingerprint density at radius 1 is 1.21 bits per heavy atom. The maximum Gasteiger partial charge on any atom is 0.335 e. The highest BCUT2D eigenvalue weighted by Gasteiger charge is 2.34. The van der Waals surface area contributed by atoms with Crippen molar-refractivity contribution >= 4 is 21.9 Å². The number of carbonyl (C=O) groups excluding carboxylic acids is 1. The molecule has 1 aliphatic heterocycles. The molecule has 0 aromatic rings. The topological polar surface area (TPSA) is 26.3 Å². The fourth-order valence-corrected chi connectivity index (χ4v) is 3.79. The van der Waals surface area contributed by atoms with Crippen molar-refractivity contribution in [2.24, 2.45) is 17.8 Å². The van der Waals surface area contributed by atoms with Gasteiger partial charge in [-0.25, -0.2) is 4.79 Å². The highest BCUT2D eigenvalue weighted by Crippen LogP contribution is 2.35. The Kier molecular flexibility index (Phi) is 6.58. The van der Waals surface area contributed by atoms with Gasteiger partial charge < -0.3 is 4.74 Å². The summed E-state index contributed by atoms with van der Waals surface area (Å²) in [5.74, 6) is 1.67. The van der Waals surface area contributed by atoms with Crippen LogP contribution in [0, 0.1) is 17.8 Å². The van der Waals surface area contributed by atoms with Gasteiger partial charge >= 0.3 is 5.97 Å². The molecule has 0 radical (unpaired) electrons. The molecule has 2 nitrogen and oxygen atoms in total. The van der Waals surface area contributed by atoms with E-state index in [4.69, 9.17) is 4.74 Å². The second kappa shape index (κ2) is 7.47.